The van der Waals surface area contributed by atoms with Gasteiger partial charge in [-0.15, -0.1) is 12.6 Å². The van der Waals surface area contributed by atoms with Gasteiger partial charge in [-0.25, -0.2) is 8.42 Å². The molecule has 0 saturated heterocycles. The number of rotatable bonds is 1. The molecular weight excluding hydrogens is 357 g/mol. The Kier molecular flexibility index (Phi) is 3.69. The second kappa shape index (κ2) is 4.26. The molecule has 1 aromatic rings. The molecule has 0 aromatic heterocycles. The first-order valence-corrected chi connectivity index (χ1v) is 7.07. The lowest BCUT2D eigenvalue weighted by atomic mass is 10.2. The summed E-state index contributed by atoms with van der Waals surface area (Å²) < 4.78 is 22.8. The van der Waals surface area contributed by atoms with E-state index in [0.717, 1.165) is 0 Å². The fourth-order valence-corrected chi connectivity index (χ4v) is 2.64. The van der Waals surface area contributed by atoms with Crippen LogP contribution < -0.4 is 0 Å². The van der Waals surface area contributed by atoms with Crippen LogP contribution >= 0.6 is 45.9 Å². The van der Waals surface area contributed by atoms with Crippen LogP contribution in [0.2, 0.25) is 0 Å². The number of nitrogens with zero attached hydrogens (tertiary/aromatic N) is 1. The van der Waals surface area contributed by atoms with Crippen LogP contribution in [-0.4, -0.2) is 8.42 Å². The molecule has 74 valence electrons. The molecule has 0 amide bonds. The second-order valence-electron chi connectivity index (χ2n) is 2.32. The van der Waals surface area contributed by atoms with Crippen LogP contribution in [0.4, 0.5) is 0 Å². The largest absolute Gasteiger partial charge is 0.262 e. The summed E-state index contributed by atoms with van der Waals surface area (Å²) in [6, 6.07) is 4.60. The summed E-state index contributed by atoms with van der Waals surface area (Å²) in [6.45, 7) is 0. The summed E-state index contributed by atoms with van der Waals surface area (Å²) in [4.78, 5) is 0.127. The number of thiol groups is 1. The van der Waals surface area contributed by atoms with Gasteiger partial charge in [-0.1, -0.05) is 0 Å². The molecule has 0 atom stereocenters. The van der Waals surface area contributed by atoms with E-state index in [1.807, 2.05) is 22.6 Å². The van der Waals surface area contributed by atoms with Gasteiger partial charge in [0.25, 0.3) is 9.05 Å². The van der Waals surface area contributed by atoms with Gasteiger partial charge in [-0.05, 0) is 34.7 Å². The van der Waals surface area contributed by atoms with Gasteiger partial charge in [0.1, 0.15) is 11.0 Å². The molecule has 0 spiro atoms. The Balaban J connectivity index is 3.66. The summed E-state index contributed by atoms with van der Waals surface area (Å²) in [6.07, 6.45) is 0. The highest BCUT2D eigenvalue weighted by Crippen LogP contribution is 2.28. The zero-order chi connectivity index (χ0) is 10.9. The van der Waals surface area contributed by atoms with Crippen LogP contribution in [0.15, 0.2) is 21.9 Å². The molecule has 0 radical (unpaired) electrons. The van der Waals surface area contributed by atoms with Gasteiger partial charge in [0.15, 0.2) is 0 Å². The van der Waals surface area contributed by atoms with Crippen LogP contribution in [0, 0.1) is 14.9 Å². The van der Waals surface area contributed by atoms with Gasteiger partial charge in [0, 0.05) is 19.1 Å². The van der Waals surface area contributed by atoms with Gasteiger partial charge in [0.2, 0.25) is 0 Å². The number of hydrogen-bond donors (Lipinski definition) is 1. The fourth-order valence-electron chi connectivity index (χ4n) is 0.858. The van der Waals surface area contributed by atoms with Crippen molar-refractivity contribution in [1.82, 2.24) is 0 Å². The predicted octanol–water partition coefficient (Wildman–Crippen LogP) is 2.38. The summed E-state index contributed by atoms with van der Waals surface area (Å²) in [5, 5.41) is 8.76. The van der Waals surface area contributed by atoms with E-state index in [4.69, 9.17) is 15.9 Å². The van der Waals surface area contributed by atoms with Crippen molar-refractivity contribution in [1.29, 1.82) is 5.26 Å². The van der Waals surface area contributed by atoms with E-state index in [1.165, 1.54) is 6.07 Å². The average molecular weight is 360 g/mol. The minimum absolute atomic E-state index is 0.0183. The Morgan fingerprint density at radius 1 is 1.50 bits per heavy atom. The third-order valence-corrected chi connectivity index (χ3v) is 4.62. The molecule has 0 bridgehead atoms. The van der Waals surface area contributed by atoms with E-state index in [2.05, 4.69) is 12.6 Å². The maximum absolute atomic E-state index is 11.1. The normalized spacial score (nSPS) is 11.0. The van der Waals surface area contributed by atoms with Crippen molar-refractivity contribution in [3.05, 3.63) is 21.3 Å². The van der Waals surface area contributed by atoms with Crippen molar-refractivity contribution in [2.75, 3.05) is 0 Å². The first-order chi connectivity index (χ1) is 6.38. The molecule has 0 aliphatic rings. The van der Waals surface area contributed by atoms with Crippen LogP contribution in [-0.2, 0) is 9.05 Å². The van der Waals surface area contributed by atoms with Gasteiger partial charge >= 0.3 is 0 Å². The van der Waals surface area contributed by atoms with Crippen molar-refractivity contribution in [2.24, 2.45) is 0 Å². The lowest BCUT2D eigenvalue weighted by Crippen LogP contribution is -1.97. The molecule has 3 nitrogen and oxygen atoms in total. The van der Waals surface area contributed by atoms with Crippen LogP contribution in [0.25, 0.3) is 0 Å². The fraction of sp³-hybridized carbons (Fsp3) is 0. The topological polar surface area (TPSA) is 57.9 Å². The highest BCUT2D eigenvalue weighted by molar-refractivity contribution is 14.1. The zero-order valence-electron chi connectivity index (χ0n) is 6.53. The van der Waals surface area contributed by atoms with E-state index < -0.39 is 9.05 Å². The molecule has 0 unspecified atom stereocenters. The lowest BCUT2D eigenvalue weighted by Gasteiger charge is -2.03. The Bertz CT molecular complexity index is 521. The predicted molar refractivity (Wildman–Crippen MR) is 64.2 cm³/mol. The molecule has 0 saturated carbocycles. The summed E-state index contributed by atoms with van der Waals surface area (Å²) in [7, 11) is 1.26. The lowest BCUT2D eigenvalue weighted by molar-refractivity contribution is 0.609. The van der Waals surface area contributed by atoms with E-state index in [9.17, 15) is 8.42 Å². The average Bonchev–Trinajstić information content (AvgIpc) is 2.07. The number of halogens is 2. The summed E-state index contributed by atoms with van der Waals surface area (Å²) in [5.74, 6) is 0. The number of hydrogen-bond acceptors (Lipinski definition) is 4. The van der Waals surface area contributed by atoms with Crippen molar-refractivity contribution < 1.29 is 8.42 Å². The SMILES string of the molecule is N#Cc1c(S(=O)(=O)Cl)ccc(I)c1S. The van der Waals surface area contributed by atoms with Gasteiger partial charge in [0.05, 0.1) is 5.56 Å². The number of nitriles is 1. The van der Waals surface area contributed by atoms with Crippen molar-refractivity contribution in [3.8, 4) is 6.07 Å². The first kappa shape index (κ1) is 12.1. The van der Waals surface area contributed by atoms with Crippen molar-refractivity contribution >= 4 is 55.0 Å². The van der Waals surface area contributed by atoms with Gasteiger partial charge in [-0.3, -0.25) is 0 Å². The van der Waals surface area contributed by atoms with Crippen molar-refractivity contribution in [2.45, 2.75) is 9.79 Å². The molecule has 0 heterocycles. The standard InChI is InChI=1S/C7H3ClINO2S2/c8-14(11,12)6-2-1-5(9)7(13)4(6)3-10/h1-2,13H. The van der Waals surface area contributed by atoms with E-state index in [1.54, 1.807) is 12.1 Å². The first-order valence-electron chi connectivity index (χ1n) is 3.24. The Morgan fingerprint density at radius 3 is 2.50 bits per heavy atom. The molecule has 7 heteroatoms. The Labute approximate surface area is 105 Å². The molecular formula is C7H3ClINO2S2. The van der Waals surface area contributed by atoms with Crippen LogP contribution in [0.5, 0.6) is 0 Å². The Hall–Kier alpha value is 0.0300. The number of benzene rings is 1. The molecule has 0 aliphatic carbocycles. The van der Waals surface area contributed by atoms with Gasteiger partial charge < -0.3 is 0 Å². The summed E-state index contributed by atoms with van der Waals surface area (Å²) >= 11 is 5.99. The molecule has 0 aliphatic heterocycles. The van der Waals surface area contributed by atoms with Gasteiger partial charge in [-0.2, -0.15) is 5.26 Å². The maximum Gasteiger partial charge on any atom is 0.262 e. The van der Waals surface area contributed by atoms with Crippen LogP contribution in [0.1, 0.15) is 5.56 Å². The minimum atomic E-state index is -3.89. The minimum Gasteiger partial charge on any atom is -0.207 e. The quantitative estimate of drug-likeness (QED) is 0.476. The van der Waals surface area contributed by atoms with E-state index in [0.29, 0.717) is 8.47 Å². The van der Waals surface area contributed by atoms with E-state index in [-0.39, 0.29) is 10.5 Å². The third kappa shape index (κ3) is 2.34. The second-order valence-corrected chi connectivity index (χ2v) is 6.46. The molecule has 14 heavy (non-hydrogen) atoms. The van der Waals surface area contributed by atoms with E-state index >= 15 is 0 Å². The smallest absolute Gasteiger partial charge is 0.207 e. The molecule has 0 fully saturated rings. The monoisotopic (exact) mass is 359 g/mol. The molecule has 1 aromatic carbocycles. The third-order valence-electron chi connectivity index (χ3n) is 1.46. The highest BCUT2D eigenvalue weighted by atomic mass is 127. The maximum atomic E-state index is 11.1. The van der Waals surface area contributed by atoms with Crippen LogP contribution in [0.3, 0.4) is 0 Å². The highest BCUT2D eigenvalue weighted by Gasteiger charge is 2.18. The van der Waals surface area contributed by atoms with Crippen molar-refractivity contribution in [3.63, 3.8) is 0 Å². The zero-order valence-corrected chi connectivity index (χ0v) is 11.2. The molecule has 1 rings (SSSR count). The molecule has 0 N–H and O–H groups in total. The Morgan fingerprint density at radius 2 is 2.07 bits per heavy atom. The summed E-state index contributed by atoms with van der Waals surface area (Å²) in [5.41, 5.74) is -0.0183.